The standard InChI is InChI=1S/C24H19NO3/c1-27-20-13-11-18(12-14-20)23(28-24(26)19-8-3-2-4-9-19)22-21-10-6-5-7-17(21)15-16-25-22/h2-16,23H,1H3/p+1. The van der Waals surface area contributed by atoms with Crippen LogP contribution in [0.3, 0.4) is 0 Å². The minimum absolute atomic E-state index is 0.372. The van der Waals surface area contributed by atoms with Crippen LogP contribution in [0.15, 0.2) is 91.1 Å². The molecule has 0 aliphatic rings. The molecule has 0 aliphatic carbocycles. The van der Waals surface area contributed by atoms with Crippen molar-refractivity contribution in [2.45, 2.75) is 6.10 Å². The van der Waals surface area contributed by atoms with Crippen molar-refractivity contribution in [2.24, 2.45) is 0 Å². The lowest BCUT2D eigenvalue weighted by Gasteiger charge is -2.17. The van der Waals surface area contributed by atoms with Gasteiger partial charge in [0.15, 0.2) is 6.20 Å². The zero-order valence-electron chi connectivity index (χ0n) is 15.5. The monoisotopic (exact) mass is 370 g/mol. The highest BCUT2D eigenvalue weighted by molar-refractivity contribution is 5.90. The van der Waals surface area contributed by atoms with Gasteiger partial charge in [-0.1, -0.05) is 48.5 Å². The molecule has 0 fully saturated rings. The Morgan fingerprint density at radius 2 is 1.57 bits per heavy atom. The summed E-state index contributed by atoms with van der Waals surface area (Å²) in [5, 5.41) is 2.08. The lowest BCUT2D eigenvalue weighted by molar-refractivity contribution is -0.395. The molecule has 0 aliphatic heterocycles. The molecule has 0 radical (unpaired) electrons. The average molecular weight is 370 g/mol. The third-order valence-electron chi connectivity index (χ3n) is 4.67. The van der Waals surface area contributed by atoms with E-state index in [1.54, 1.807) is 19.2 Å². The summed E-state index contributed by atoms with van der Waals surface area (Å²) in [6.07, 6.45) is 1.29. The van der Waals surface area contributed by atoms with Crippen LogP contribution in [0.1, 0.15) is 27.7 Å². The second-order valence-corrected chi connectivity index (χ2v) is 6.40. The van der Waals surface area contributed by atoms with Gasteiger partial charge in [-0.2, -0.15) is 0 Å². The zero-order valence-corrected chi connectivity index (χ0v) is 15.5. The van der Waals surface area contributed by atoms with Gasteiger partial charge in [0.2, 0.25) is 11.8 Å². The first-order chi connectivity index (χ1) is 13.8. The molecule has 0 saturated heterocycles. The van der Waals surface area contributed by atoms with E-state index < -0.39 is 6.10 Å². The average Bonchev–Trinajstić information content (AvgIpc) is 2.78. The molecule has 1 aromatic heterocycles. The highest BCUT2D eigenvalue weighted by atomic mass is 16.5. The summed E-state index contributed by atoms with van der Waals surface area (Å²) in [5.41, 5.74) is 2.20. The maximum Gasteiger partial charge on any atom is 0.339 e. The van der Waals surface area contributed by atoms with E-state index in [0.717, 1.165) is 27.8 Å². The van der Waals surface area contributed by atoms with E-state index in [2.05, 4.69) is 4.98 Å². The summed E-state index contributed by atoms with van der Waals surface area (Å²) in [4.78, 5) is 16.1. The predicted octanol–water partition coefficient (Wildman–Crippen LogP) is 4.61. The number of esters is 1. The SMILES string of the molecule is COc1ccc(C(OC(=O)c2ccccc2)c2[nH+]ccc3ccccc23)cc1. The molecule has 0 amide bonds. The van der Waals surface area contributed by atoms with Crippen LogP contribution in [-0.4, -0.2) is 13.1 Å². The molecular weight excluding hydrogens is 350 g/mol. The fourth-order valence-electron chi connectivity index (χ4n) is 3.23. The van der Waals surface area contributed by atoms with Crippen molar-refractivity contribution in [3.63, 3.8) is 0 Å². The minimum atomic E-state index is -0.579. The summed E-state index contributed by atoms with van der Waals surface area (Å²) >= 11 is 0. The van der Waals surface area contributed by atoms with E-state index in [9.17, 15) is 4.79 Å². The maximum atomic E-state index is 12.8. The summed E-state index contributed by atoms with van der Waals surface area (Å²) in [7, 11) is 1.63. The van der Waals surface area contributed by atoms with Crippen LogP contribution >= 0.6 is 0 Å². The van der Waals surface area contributed by atoms with Crippen LogP contribution in [0, 0.1) is 0 Å². The molecule has 4 rings (SSSR count). The minimum Gasteiger partial charge on any atom is -0.497 e. The highest BCUT2D eigenvalue weighted by Crippen LogP contribution is 2.30. The van der Waals surface area contributed by atoms with Crippen LogP contribution in [0.5, 0.6) is 5.75 Å². The Balaban J connectivity index is 1.79. The number of benzene rings is 3. The Bertz CT molecular complexity index is 1090. The summed E-state index contributed by atoms with van der Waals surface area (Å²) in [6.45, 7) is 0. The number of carbonyl (C=O) groups is 1. The first-order valence-corrected chi connectivity index (χ1v) is 9.05. The number of nitrogens with one attached hydrogen (secondary N) is 1. The maximum absolute atomic E-state index is 12.8. The van der Waals surface area contributed by atoms with Crippen molar-refractivity contribution in [3.8, 4) is 5.75 Å². The van der Waals surface area contributed by atoms with Crippen molar-refractivity contribution in [2.75, 3.05) is 7.11 Å². The molecule has 4 nitrogen and oxygen atoms in total. The van der Waals surface area contributed by atoms with Crippen LogP contribution in [0.2, 0.25) is 0 Å². The lowest BCUT2D eigenvalue weighted by Crippen LogP contribution is -2.21. The number of pyridine rings is 1. The Hall–Kier alpha value is -3.66. The largest absolute Gasteiger partial charge is 0.497 e. The molecule has 3 aromatic carbocycles. The fraction of sp³-hybridized carbons (Fsp3) is 0.0833. The topological polar surface area (TPSA) is 49.7 Å². The Morgan fingerprint density at radius 1 is 0.857 bits per heavy atom. The van der Waals surface area contributed by atoms with Gasteiger partial charge in [0.1, 0.15) is 5.75 Å². The van der Waals surface area contributed by atoms with Gasteiger partial charge >= 0.3 is 5.97 Å². The molecule has 4 aromatic rings. The van der Waals surface area contributed by atoms with Crippen molar-refractivity contribution in [1.29, 1.82) is 0 Å². The number of rotatable bonds is 5. The van der Waals surface area contributed by atoms with E-state index in [1.165, 1.54) is 0 Å². The number of fused-ring (bicyclic) bond motifs is 1. The molecule has 0 spiro atoms. The predicted molar refractivity (Wildman–Crippen MR) is 107 cm³/mol. The number of aromatic nitrogens is 1. The number of hydrogen-bond acceptors (Lipinski definition) is 3. The second kappa shape index (κ2) is 7.92. The van der Waals surface area contributed by atoms with Gasteiger partial charge in [0.25, 0.3) is 0 Å². The van der Waals surface area contributed by atoms with E-state index in [0.29, 0.717) is 5.56 Å². The summed E-state index contributed by atoms with van der Waals surface area (Å²) < 4.78 is 11.2. The van der Waals surface area contributed by atoms with Crippen molar-refractivity contribution in [1.82, 2.24) is 0 Å². The molecule has 1 unspecified atom stereocenters. The normalized spacial score (nSPS) is 11.8. The number of carbonyl (C=O) groups excluding carboxylic acids is 1. The molecule has 1 atom stereocenters. The molecule has 138 valence electrons. The van der Waals surface area contributed by atoms with Crippen molar-refractivity contribution >= 4 is 16.7 Å². The second-order valence-electron chi connectivity index (χ2n) is 6.40. The molecule has 1 N–H and O–H groups in total. The molecule has 28 heavy (non-hydrogen) atoms. The first kappa shape index (κ1) is 17.7. The fourth-order valence-corrected chi connectivity index (χ4v) is 3.23. The zero-order chi connectivity index (χ0) is 19.3. The summed E-state index contributed by atoms with van der Waals surface area (Å²) in [5.74, 6) is 0.376. The van der Waals surface area contributed by atoms with Crippen LogP contribution in [0.25, 0.3) is 10.8 Å². The Morgan fingerprint density at radius 3 is 2.32 bits per heavy atom. The highest BCUT2D eigenvalue weighted by Gasteiger charge is 2.27. The van der Waals surface area contributed by atoms with Gasteiger partial charge in [-0.25, -0.2) is 9.78 Å². The van der Waals surface area contributed by atoms with Gasteiger partial charge in [-0.15, -0.1) is 0 Å². The number of ether oxygens (including phenoxy) is 2. The number of methoxy groups -OCH3 is 1. The third-order valence-corrected chi connectivity index (χ3v) is 4.67. The first-order valence-electron chi connectivity index (χ1n) is 9.05. The van der Waals surface area contributed by atoms with Gasteiger partial charge in [-0.05, 0) is 35.7 Å². The quantitative estimate of drug-likeness (QED) is 0.482. The van der Waals surface area contributed by atoms with E-state index in [4.69, 9.17) is 9.47 Å². The van der Waals surface area contributed by atoms with Gasteiger partial charge in [0.05, 0.1) is 18.1 Å². The molecule has 0 saturated carbocycles. The van der Waals surface area contributed by atoms with Gasteiger partial charge in [-0.3, -0.25) is 0 Å². The lowest BCUT2D eigenvalue weighted by atomic mass is 10.0. The van der Waals surface area contributed by atoms with E-state index in [-0.39, 0.29) is 5.97 Å². The smallest absolute Gasteiger partial charge is 0.339 e. The molecular formula is C24H20NO3+. The van der Waals surface area contributed by atoms with Gasteiger partial charge < -0.3 is 9.47 Å². The number of hydrogen-bond donors (Lipinski definition) is 0. The van der Waals surface area contributed by atoms with Crippen LogP contribution in [-0.2, 0) is 4.74 Å². The van der Waals surface area contributed by atoms with Crippen LogP contribution in [0.4, 0.5) is 0 Å². The Labute approximate surface area is 163 Å². The number of H-pyrrole nitrogens is 1. The van der Waals surface area contributed by atoms with Gasteiger partial charge in [0, 0.05) is 11.6 Å². The molecule has 0 bridgehead atoms. The molecule has 4 heteroatoms. The van der Waals surface area contributed by atoms with E-state index in [1.807, 2.05) is 79.0 Å². The van der Waals surface area contributed by atoms with Crippen LogP contribution < -0.4 is 9.72 Å². The van der Waals surface area contributed by atoms with Crippen molar-refractivity contribution in [3.05, 3.63) is 108 Å². The molecule has 1 heterocycles. The van der Waals surface area contributed by atoms with E-state index >= 15 is 0 Å². The summed E-state index contributed by atoms with van der Waals surface area (Å²) in [6, 6.07) is 26.6. The Kier molecular flexibility index (Phi) is 5.02. The third kappa shape index (κ3) is 3.58. The number of aromatic amines is 1. The van der Waals surface area contributed by atoms with Crippen molar-refractivity contribution < 1.29 is 19.3 Å².